The Morgan fingerprint density at radius 3 is 2.56 bits per heavy atom. The Balaban J connectivity index is 1.60. The minimum Gasteiger partial charge on any atom is -0.507 e. The molecular weight excluding hydrogens is 477 g/mol. The van der Waals surface area contributed by atoms with Crippen LogP contribution < -0.4 is 10.4 Å². The zero-order valence-electron chi connectivity index (χ0n) is 20.2. The molecule has 2 heterocycles. The van der Waals surface area contributed by atoms with Crippen molar-refractivity contribution in [3.63, 3.8) is 0 Å². The quantitative estimate of drug-likeness (QED) is 0.247. The molecule has 1 atom stereocenters. The summed E-state index contributed by atoms with van der Waals surface area (Å²) < 4.78 is 25.8. The molecule has 1 unspecified atom stereocenters. The van der Waals surface area contributed by atoms with E-state index in [0.29, 0.717) is 17.7 Å². The van der Waals surface area contributed by atoms with Crippen LogP contribution in [0.2, 0.25) is 0 Å². The maximum absolute atomic E-state index is 14.9. The molecule has 2 aromatic carbocycles. The third-order valence-corrected chi connectivity index (χ3v) is 7.01. The Bertz CT molecular complexity index is 1340. The number of aromatic hydroxyl groups is 1. The number of rotatable bonds is 10. The first kappa shape index (κ1) is 25.5. The van der Waals surface area contributed by atoms with Crippen molar-refractivity contribution in [2.24, 2.45) is 5.92 Å². The van der Waals surface area contributed by atoms with Gasteiger partial charge in [0.15, 0.2) is 11.6 Å². The monoisotopic (exact) mass is 505 g/mol. The minimum atomic E-state index is -0.584. The maximum Gasteiger partial charge on any atom is 0.343 e. The highest BCUT2D eigenvalue weighted by atomic mass is 32.2. The van der Waals surface area contributed by atoms with Crippen LogP contribution in [-0.2, 0) is 12.4 Å². The molecule has 0 amide bonds. The summed E-state index contributed by atoms with van der Waals surface area (Å²) in [5, 5.41) is 10.9. The zero-order valence-corrected chi connectivity index (χ0v) is 21.0. The van der Waals surface area contributed by atoms with Gasteiger partial charge in [0, 0.05) is 29.0 Å². The summed E-state index contributed by atoms with van der Waals surface area (Å²) in [6.07, 6.45) is 5.17. The molecule has 0 aliphatic rings. The van der Waals surface area contributed by atoms with Crippen LogP contribution in [0.4, 0.5) is 4.39 Å². The molecule has 1 N–H and O–H groups in total. The van der Waals surface area contributed by atoms with Gasteiger partial charge in [-0.2, -0.15) is 0 Å². The summed E-state index contributed by atoms with van der Waals surface area (Å²) >= 11 is 1.58. The van der Waals surface area contributed by atoms with Gasteiger partial charge in [0.2, 0.25) is 0 Å². The highest BCUT2D eigenvalue weighted by molar-refractivity contribution is 7.98. The number of hydrogen-bond acceptors (Lipinski definition) is 6. The topological polar surface area (TPSA) is 72.6 Å². The average molecular weight is 506 g/mol. The molecule has 0 aliphatic heterocycles. The van der Waals surface area contributed by atoms with Gasteiger partial charge in [-0.3, -0.25) is 4.98 Å². The number of ether oxygens (including phenoxy) is 1. The average Bonchev–Trinajstić information content (AvgIpc) is 2.87. The lowest BCUT2D eigenvalue weighted by molar-refractivity contribution is 0.290. The molecule has 7 heteroatoms. The van der Waals surface area contributed by atoms with Crippen LogP contribution in [0.15, 0.2) is 88.5 Å². The van der Waals surface area contributed by atoms with Crippen LogP contribution in [0, 0.1) is 11.7 Å². The first-order valence-electron chi connectivity index (χ1n) is 11.7. The summed E-state index contributed by atoms with van der Waals surface area (Å²) in [6, 6.07) is 18.0. The van der Waals surface area contributed by atoms with Crippen LogP contribution in [0.25, 0.3) is 11.1 Å². The second-order valence-corrected chi connectivity index (χ2v) is 10.1. The van der Waals surface area contributed by atoms with E-state index >= 15 is 0 Å². The van der Waals surface area contributed by atoms with Crippen molar-refractivity contribution in [1.82, 2.24) is 4.98 Å². The van der Waals surface area contributed by atoms with Crippen molar-refractivity contribution in [2.75, 3.05) is 0 Å². The number of aromatic nitrogens is 1. The van der Waals surface area contributed by atoms with Gasteiger partial charge in [-0.1, -0.05) is 56.3 Å². The number of halogens is 1. The third-order valence-electron chi connectivity index (χ3n) is 5.68. The molecule has 0 fully saturated rings. The van der Waals surface area contributed by atoms with Crippen molar-refractivity contribution < 1.29 is 18.7 Å². The molecule has 36 heavy (non-hydrogen) atoms. The summed E-state index contributed by atoms with van der Waals surface area (Å²) in [4.78, 5) is 16.8. The highest BCUT2D eigenvalue weighted by Gasteiger charge is 2.25. The van der Waals surface area contributed by atoms with E-state index in [4.69, 9.17) is 9.15 Å². The molecule has 0 saturated carbocycles. The van der Waals surface area contributed by atoms with E-state index < -0.39 is 11.4 Å². The maximum atomic E-state index is 14.9. The first-order chi connectivity index (χ1) is 17.4. The van der Waals surface area contributed by atoms with E-state index in [1.807, 2.05) is 36.4 Å². The fourth-order valence-corrected chi connectivity index (χ4v) is 5.34. The van der Waals surface area contributed by atoms with E-state index in [2.05, 4.69) is 18.8 Å². The number of thioether (sulfide) groups is 1. The lowest BCUT2D eigenvalue weighted by Crippen LogP contribution is -2.13. The van der Waals surface area contributed by atoms with Crippen LogP contribution in [0.5, 0.6) is 11.5 Å². The van der Waals surface area contributed by atoms with Gasteiger partial charge in [0.25, 0.3) is 0 Å². The molecular formula is C29H28FNO4S. The van der Waals surface area contributed by atoms with Gasteiger partial charge in [-0.15, -0.1) is 11.8 Å². The smallest absolute Gasteiger partial charge is 0.343 e. The van der Waals surface area contributed by atoms with Gasteiger partial charge < -0.3 is 14.3 Å². The third kappa shape index (κ3) is 6.34. The van der Waals surface area contributed by atoms with Crippen molar-refractivity contribution in [3.05, 3.63) is 112 Å². The second kappa shape index (κ2) is 11.9. The van der Waals surface area contributed by atoms with Crippen molar-refractivity contribution >= 4 is 11.8 Å². The van der Waals surface area contributed by atoms with Gasteiger partial charge >= 0.3 is 5.63 Å². The number of benzene rings is 2. The summed E-state index contributed by atoms with van der Waals surface area (Å²) in [5.41, 5.74) is 2.22. The number of pyridine rings is 1. The van der Waals surface area contributed by atoms with Gasteiger partial charge in [-0.25, -0.2) is 9.18 Å². The Morgan fingerprint density at radius 2 is 1.86 bits per heavy atom. The molecule has 4 aromatic rings. The number of nitrogens with zero attached hydrogens (tertiary/aromatic N) is 1. The lowest BCUT2D eigenvalue weighted by atomic mass is 9.99. The fraction of sp³-hybridized carbons (Fsp3) is 0.241. The normalized spacial score (nSPS) is 12.0. The minimum absolute atomic E-state index is 0.0794. The molecule has 4 rings (SSSR count). The largest absolute Gasteiger partial charge is 0.507 e. The van der Waals surface area contributed by atoms with E-state index in [1.54, 1.807) is 36.3 Å². The summed E-state index contributed by atoms with van der Waals surface area (Å²) in [5.74, 6) is 0.283. The molecule has 5 nitrogen and oxygen atoms in total. The molecule has 0 radical (unpaired) electrons. The summed E-state index contributed by atoms with van der Waals surface area (Å²) in [6.45, 7) is 4.31. The van der Waals surface area contributed by atoms with Gasteiger partial charge in [0.1, 0.15) is 18.6 Å². The van der Waals surface area contributed by atoms with Crippen LogP contribution in [0.3, 0.4) is 0 Å². The molecule has 186 valence electrons. The molecule has 0 aliphatic carbocycles. The zero-order chi connectivity index (χ0) is 25.5. The van der Waals surface area contributed by atoms with E-state index in [1.165, 1.54) is 18.4 Å². The Labute approximate surface area is 214 Å². The van der Waals surface area contributed by atoms with E-state index in [0.717, 1.165) is 11.1 Å². The molecule has 0 saturated heterocycles. The molecule has 0 bridgehead atoms. The van der Waals surface area contributed by atoms with Crippen molar-refractivity contribution in [1.29, 1.82) is 0 Å². The molecule has 2 aromatic heterocycles. The van der Waals surface area contributed by atoms with Crippen molar-refractivity contribution in [2.45, 2.75) is 37.9 Å². The van der Waals surface area contributed by atoms with Gasteiger partial charge in [0.05, 0.1) is 11.1 Å². The standard InChI is InChI=1S/C29H28FNO4S/c1-19(2)13-26(36-18-20-7-4-3-5-8-20)27-28(32)23(17-35-29(27)33)22-10-11-25(24(30)14-22)34-16-21-9-6-12-31-15-21/h3-12,14-15,17,19,26,32H,13,16,18H2,1-2H3. The SMILES string of the molecule is CC(C)CC(SCc1ccccc1)c1c(O)c(-c2ccc(OCc3cccnc3)c(F)c2)coc1=O. The van der Waals surface area contributed by atoms with Crippen molar-refractivity contribution in [3.8, 4) is 22.6 Å². The fourth-order valence-electron chi connectivity index (χ4n) is 3.86. The summed E-state index contributed by atoms with van der Waals surface area (Å²) in [7, 11) is 0. The van der Waals surface area contributed by atoms with Crippen LogP contribution >= 0.6 is 11.8 Å². The lowest BCUT2D eigenvalue weighted by Gasteiger charge is -2.20. The number of hydrogen-bond donors (Lipinski definition) is 1. The predicted octanol–water partition coefficient (Wildman–Crippen LogP) is 7.15. The van der Waals surface area contributed by atoms with Crippen LogP contribution in [0.1, 0.15) is 42.2 Å². The highest BCUT2D eigenvalue weighted by Crippen LogP contribution is 2.43. The van der Waals surface area contributed by atoms with E-state index in [9.17, 15) is 14.3 Å². The van der Waals surface area contributed by atoms with Gasteiger partial charge in [-0.05, 0) is 41.7 Å². The Kier molecular flexibility index (Phi) is 8.44. The van der Waals surface area contributed by atoms with Crippen LogP contribution in [-0.4, -0.2) is 10.1 Å². The molecule has 0 spiro atoms. The predicted molar refractivity (Wildman–Crippen MR) is 141 cm³/mol. The Morgan fingerprint density at radius 1 is 1.08 bits per heavy atom. The van der Waals surface area contributed by atoms with E-state index in [-0.39, 0.29) is 40.4 Å². The Hall–Kier alpha value is -3.58. The first-order valence-corrected chi connectivity index (χ1v) is 12.8. The second-order valence-electron chi connectivity index (χ2n) is 8.91.